The number of hydrogen-bond acceptors (Lipinski definition) is 7. The van der Waals surface area contributed by atoms with E-state index in [0.717, 1.165) is 49.0 Å². The second kappa shape index (κ2) is 8.01. The van der Waals surface area contributed by atoms with Gasteiger partial charge >= 0.3 is 0 Å². The molecule has 8 heteroatoms. The van der Waals surface area contributed by atoms with Crippen LogP contribution in [0.1, 0.15) is 41.1 Å². The number of aliphatic imine (C=N–C) groups is 1. The number of rotatable bonds is 4. The van der Waals surface area contributed by atoms with E-state index in [0.29, 0.717) is 11.8 Å². The molecule has 7 nitrogen and oxygen atoms in total. The van der Waals surface area contributed by atoms with Crippen LogP contribution in [-0.2, 0) is 5.79 Å². The van der Waals surface area contributed by atoms with Crippen molar-refractivity contribution in [3.63, 3.8) is 0 Å². The molecule has 0 radical (unpaired) electrons. The van der Waals surface area contributed by atoms with Crippen molar-refractivity contribution >= 4 is 38.9 Å². The monoisotopic (exact) mass is 491 g/mol. The molecule has 7 rings (SSSR count). The Hall–Kier alpha value is -4.01. The third-order valence-corrected chi connectivity index (χ3v) is 7.93. The zero-order valence-electron chi connectivity index (χ0n) is 19.7. The third-order valence-electron chi connectivity index (χ3n) is 6.85. The Morgan fingerprint density at radius 2 is 1.86 bits per heavy atom. The van der Waals surface area contributed by atoms with E-state index in [9.17, 15) is 0 Å². The van der Waals surface area contributed by atoms with Gasteiger partial charge in [-0.15, -0.1) is 11.3 Å². The minimum Gasteiger partial charge on any atom is -0.345 e. The van der Waals surface area contributed by atoms with Crippen LogP contribution in [0, 0.1) is 6.92 Å². The molecule has 0 bridgehead atoms. The number of aromatic amines is 1. The van der Waals surface area contributed by atoms with Crippen LogP contribution < -0.4 is 16.4 Å². The van der Waals surface area contributed by atoms with Gasteiger partial charge in [0.05, 0.1) is 10.2 Å². The largest absolute Gasteiger partial charge is 0.345 e. The fourth-order valence-corrected chi connectivity index (χ4v) is 5.74. The Morgan fingerprint density at radius 1 is 1.03 bits per heavy atom. The first-order valence-electron chi connectivity index (χ1n) is 12.1. The topological polar surface area (TPSA) is 104 Å². The molecule has 1 aliphatic carbocycles. The molecule has 5 N–H and O–H groups in total. The van der Waals surface area contributed by atoms with Crippen LogP contribution in [0.25, 0.3) is 20.8 Å². The molecule has 2 aliphatic rings. The van der Waals surface area contributed by atoms with Gasteiger partial charge in [0.1, 0.15) is 10.8 Å². The Bertz CT molecular complexity index is 1610. The van der Waals surface area contributed by atoms with Gasteiger partial charge in [0, 0.05) is 40.1 Å². The summed E-state index contributed by atoms with van der Waals surface area (Å²) in [5.41, 5.74) is 14.0. The van der Waals surface area contributed by atoms with E-state index in [1.807, 2.05) is 42.5 Å². The standard InChI is InChI=1S/C28H25N7S/c1-16-10-11-18(27-30-22-8-4-5-9-24(22)36-27)14-20(16)28(29)32-21-7-3-2-6-19(21)26(33-28)31-25-15-23(34-35-25)17-12-13-17/h2-11,14-15,17,32H,12-13,29H2,1H3,(H2,31,33,34,35). The lowest BCUT2D eigenvalue weighted by Crippen LogP contribution is -2.47. The van der Waals surface area contributed by atoms with Gasteiger partial charge in [0.15, 0.2) is 5.82 Å². The van der Waals surface area contributed by atoms with Crippen LogP contribution in [0.15, 0.2) is 77.8 Å². The molecule has 178 valence electrons. The molecule has 1 fully saturated rings. The van der Waals surface area contributed by atoms with Crippen molar-refractivity contribution in [2.75, 3.05) is 10.6 Å². The number of aryl methyl sites for hydroxylation is 1. The van der Waals surface area contributed by atoms with Crippen LogP contribution in [0.3, 0.4) is 0 Å². The number of fused-ring (bicyclic) bond motifs is 2. The van der Waals surface area contributed by atoms with Crippen molar-refractivity contribution in [1.82, 2.24) is 15.2 Å². The smallest absolute Gasteiger partial charge is 0.211 e. The molecular formula is C28H25N7S. The predicted molar refractivity (Wildman–Crippen MR) is 146 cm³/mol. The van der Waals surface area contributed by atoms with Crippen LogP contribution in [-0.4, -0.2) is 21.0 Å². The summed E-state index contributed by atoms with van der Waals surface area (Å²) < 4.78 is 1.16. The summed E-state index contributed by atoms with van der Waals surface area (Å²) in [7, 11) is 0. The van der Waals surface area contributed by atoms with Crippen molar-refractivity contribution in [2.24, 2.45) is 10.7 Å². The number of nitrogens with two attached hydrogens (primary N) is 1. The summed E-state index contributed by atoms with van der Waals surface area (Å²) >= 11 is 1.68. The zero-order chi connectivity index (χ0) is 24.3. The normalized spacial score (nSPS) is 19.0. The maximum Gasteiger partial charge on any atom is 0.211 e. The van der Waals surface area contributed by atoms with Gasteiger partial charge in [-0.2, -0.15) is 5.10 Å². The Kier molecular flexibility index (Phi) is 4.74. The van der Waals surface area contributed by atoms with Gasteiger partial charge in [-0.3, -0.25) is 10.8 Å². The highest BCUT2D eigenvalue weighted by Gasteiger charge is 2.35. The Balaban J connectivity index is 1.31. The van der Waals surface area contributed by atoms with Gasteiger partial charge in [-0.1, -0.05) is 36.4 Å². The van der Waals surface area contributed by atoms with E-state index in [1.54, 1.807) is 11.3 Å². The van der Waals surface area contributed by atoms with Crippen LogP contribution in [0.2, 0.25) is 0 Å². The SMILES string of the molecule is Cc1ccc(-c2nc3ccccc3s2)cc1C1(N)N=C(Nc2cc(C3CC3)[nH]n2)c2ccccc2N1. The average Bonchev–Trinajstić information content (AvgIpc) is 3.47. The highest BCUT2D eigenvalue weighted by Crippen LogP contribution is 2.40. The van der Waals surface area contributed by atoms with Gasteiger partial charge < -0.3 is 10.6 Å². The molecule has 1 atom stereocenters. The summed E-state index contributed by atoms with van der Waals surface area (Å²) in [6.45, 7) is 2.06. The minimum atomic E-state index is -1.16. The molecule has 0 saturated heterocycles. The molecule has 3 heterocycles. The molecule has 1 unspecified atom stereocenters. The summed E-state index contributed by atoms with van der Waals surface area (Å²) in [6, 6.07) is 24.6. The summed E-state index contributed by atoms with van der Waals surface area (Å²) in [4.78, 5) is 9.88. The summed E-state index contributed by atoms with van der Waals surface area (Å²) in [5.74, 6) is 0.861. The van der Waals surface area contributed by atoms with Gasteiger partial charge in [-0.25, -0.2) is 9.98 Å². The average molecular weight is 492 g/mol. The van der Waals surface area contributed by atoms with Gasteiger partial charge in [0.25, 0.3) is 0 Å². The van der Waals surface area contributed by atoms with Crippen LogP contribution in [0.4, 0.5) is 11.5 Å². The first-order valence-corrected chi connectivity index (χ1v) is 12.9. The maximum absolute atomic E-state index is 7.04. The first kappa shape index (κ1) is 21.3. The first-order chi connectivity index (χ1) is 17.6. The molecule has 1 aliphatic heterocycles. The number of hydrogen-bond donors (Lipinski definition) is 4. The number of anilines is 2. The fraction of sp³-hybridized carbons (Fsp3) is 0.179. The van der Waals surface area contributed by atoms with Crippen molar-refractivity contribution in [3.8, 4) is 10.6 Å². The molecule has 36 heavy (non-hydrogen) atoms. The highest BCUT2D eigenvalue weighted by molar-refractivity contribution is 7.21. The van der Waals surface area contributed by atoms with Crippen molar-refractivity contribution in [2.45, 2.75) is 31.5 Å². The second-order valence-corrected chi connectivity index (χ2v) is 10.6. The number of benzene rings is 3. The molecule has 5 aromatic rings. The Morgan fingerprint density at radius 3 is 2.72 bits per heavy atom. The predicted octanol–water partition coefficient (Wildman–Crippen LogP) is 5.93. The quantitative estimate of drug-likeness (QED) is 0.250. The van der Waals surface area contributed by atoms with E-state index in [2.05, 4.69) is 58.1 Å². The summed E-state index contributed by atoms with van der Waals surface area (Å²) in [5, 5.41) is 15.5. The van der Waals surface area contributed by atoms with Crippen molar-refractivity contribution in [3.05, 3.63) is 95.2 Å². The van der Waals surface area contributed by atoms with E-state index < -0.39 is 5.79 Å². The number of H-pyrrole nitrogens is 1. The highest BCUT2D eigenvalue weighted by atomic mass is 32.1. The van der Waals surface area contributed by atoms with E-state index in [1.165, 1.54) is 18.5 Å². The third kappa shape index (κ3) is 3.66. The fourth-order valence-electron chi connectivity index (χ4n) is 4.78. The Labute approximate surface area is 212 Å². The lowest BCUT2D eigenvalue weighted by molar-refractivity contribution is 0.535. The second-order valence-electron chi connectivity index (χ2n) is 9.52. The van der Waals surface area contributed by atoms with Crippen molar-refractivity contribution in [1.29, 1.82) is 0 Å². The number of thiazole rings is 1. The number of amidine groups is 1. The van der Waals surface area contributed by atoms with E-state index >= 15 is 0 Å². The van der Waals surface area contributed by atoms with E-state index in [4.69, 9.17) is 15.7 Å². The molecule has 0 spiro atoms. The lowest BCUT2D eigenvalue weighted by Gasteiger charge is -2.35. The van der Waals surface area contributed by atoms with Crippen LogP contribution >= 0.6 is 11.3 Å². The van der Waals surface area contributed by atoms with Gasteiger partial charge in [-0.05, 0) is 55.7 Å². The number of nitrogens with one attached hydrogen (secondary N) is 3. The zero-order valence-corrected chi connectivity index (χ0v) is 20.6. The summed E-state index contributed by atoms with van der Waals surface area (Å²) in [6.07, 6.45) is 2.43. The van der Waals surface area contributed by atoms with Crippen LogP contribution in [0.5, 0.6) is 0 Å². The molecule has 3 aromatic carbocycles. The van der Waals surface area contributed by atoms with E-state index in [-0.39, 0.29) is 0 Å². The lowest BCUT2D eigenvalue weighted by atomic mass is 9.97. The van der Waals surface area contributed by atoms with Gasteiger partial charge in [0.2, 0.25) is 5.79 Å². The number of para-hydroxylation sites is 2. The molecule has 2 aromatic heterocycles. The minimum absolute atomic E-state index is 0.594. The maximum atomic E-state index is 7.04. The molecule has 1 saturated carbocycles. The molecular weight excluding hydrogens is 466 g/mol. The van der Waals surface area contributed by atoms with Crippen molar-refractivity contribution < 1.29 is 0 Å². The molecule has 0 amide bonds. The number of nitrogens with zero attached hydrogens (tertiary/aromatic N) is 3. The number of aromatic nitrogens is 3.